The van der Waals surface area contributed by atoms with Crippen LogP contribution in [0.5, 0.6) is 5.75 Å². The number of ether oxygens (including phenoxy) is 1. The van der Waals surface area contributed by atoms with E-state index < -0.39 is 16.6 Å². The van der Waals surface area contributed by atoms with E-state index in [2.05, 4.69) is 30.1 Å². The smallest absolute Gasteiger partial charge is 0.387 e. The maximum Gasteiger partial charge on any atom is 0.387 e. The van der Waals surface area contributed by atoms with E-state index >= 15 is 0 Å². The van der Waals surface area contributed by atoms with Gasteiger partial charge in [-0.2, -0.15) is 8.78 Å². The van der Waals surface area contributed by atoms with Gasteiger partial charge < -0.3 is 15.4 Å². The lowest BCUT2D eigenvalue weighted by molar-refractivity contribution is -0.0493. The van der Waals surface area contributed by atoms with Crippen LogP contribution in [0.3, 0.4) is 0 Å². The predicted octanol–water partition coefficient (Wildman–Crippen LogP) is 4.00. The summed E-state index contributed by atoms with van der Waals surface area (Å²) >= 11 is 5.22. The van der Waals surface area contributed by atoms with E-state index in [4.69, 9.17) is 12.2 Å². The van der Waals surface area contributed by atoms with Gasteiger partial charge in [0, 0.05) is 18.1 Å². The number of nitrogens with zero attached hydrogens (tertiary/aromatic N) is 2. The third-order valence-electron chi connectivity index (χ3n) is 3.81. The average Bonchev–Trinajstić information content (AvgIpc) is 2.70. The highest BCUT2D eigenvalue weighted by atomic mass is 32.2. The van der Waals surface area contributed by atoms with Crippen LogP contribution in [0.4, 0.5) is 26.1 Å². The van der Waals surface area contributed by atoms with Crippen molar-refractivity contribution in [3.05, 3.63) is 66.5 Å². The largest absolute Gasteiger partial charge is 0.433 e. The number of anilines is 3. The minimum Gasteiger partial charge on any atom is -0.433 e. The Labute approximate surface area is 182 Å². The summed E-state index contributed by atoms with van der Waals surface area (Å²) in [7, 11) is -3.87. The van der Waals surface area contributed by atoms with Gasteiger partial charge in [-0.1, -0.05) is 6.07 Å². The van der Waals surface area contributed by atoms with Crippen LogP contribution >= 0.6 is 12.2 Å². The van der Waals surface area contributed by atoms with Gasteiger partial charge in [-0.3, -0.25) is 0 Å². The molecule has 0 bridgehead atoms. The number of hydrogen-bond acceptors (Lipinski definition) is 6. The summed E-state index contributed by atoms with van der Waals surface area (Å²) < 4.78 is 56.8. The number of aryl methyl sites for hydroxylation is 1. The van der Waals surface area contributed by atoms with Gasteiger partial charge in [0.15, 0.2) is 5.11 Å². The predicted molar refractivity (Wildman–Crippen MR) is 117 cm³/mol. The quantitative estimate of drug-likeness (QED) is 0.450. The molecule has 0 saturated carbocycles. The van der Waals surface area contributed by atoms with Gasteiger partial charge in [0.2, 0.25) is 5.95 Å². The SMILES string of the molecule is Cc1ccc(OC(F)F)c(NC(=S)Nc2ccc(S(=O)(=O)Nc3ncccn3)cc2)c1. The van der Waals surface area contributed by atoms with Gasteiger partial charge in [0.1, 0.15) is 5.75 Å². The van der Waals surface area contributed by atoms with Gasteiger partial charge in [-0.15, -0.1) is 0 Å². The van der Waals surface area contributed by atoms with Crippen molar-refractivity contribution >= 4 is 44.7 Å². The first-order valence-corrected chi connectivity index (χ1v) is 10.7. The van der Waals surface area contributed by atoms with Gasteiger partial charge in [0.25, 0.3) is 10.0 Å². The van der Waals surface area contributed by atoms with Gasteiger partial charge in [-0.25, -0.2) is 23.1 Å². The molecule has 0 saturated heterocycles. The lowest BCUT2D eigenvalue weighted by Crippen LogP contribution is -2.20. The average molecular weight is 466 g/mol. The number of rotatable bonds is 7. The van der Waals surface area contributed by atoms with Crippen LogP contribution in [-0.2, 0) is 10.0 Å². The van der Waals surface area contributed by atoms with Gasteiger partial charge in [0.05, 0.1) is 10.6 Å². The number of benzene rings is 2. The highest BCUT2D eigenvalue weighted by Gasteiger charge is 2.16. The van der Waals surface area contributed by atoms with Crippen LogP contribution in [0.25, 0.3) is 0 Å². The maximum absolute atomic E-state index is 12.6. The third kappa shape index (κ3) is 6.30. The van der Waals surface area contributed by atoms with Crippen LogP contribution in [0.2, 0.25) is 0 Å². The molecule has 3 aromatic rings. The molecular formula is C19H17F2N5O3S2. The maximum atomic E-state index is 12.6. The first kappa shape index (κ1) is 22.3. The number of aromatic nitrogens is 2. The fourth-order valence-corrected chi connectivity index (χ4v) is 3.66. The number of sulfonamides is 1. The summed E-state index contributed by atoms with van der Waals surface area (Å²) in [5.74, 6) is -0.101. The molecule has 162 valence electrons. The van der Waals surface area contributed by atoms with Crippen molar-refractivity contribution in [3.63, 3.8) is 0 Å². The first-order valence-electron chi connectivity index (χ1n) is 8.76. The summed E-state index contributed by atoms with van der Waals surface area (Å²) in [6.45, 7) is -1.18. The molecule has 3 rings (SSSR count). The number of alkyl halides is 2. The summed E-state index contributed by atoms with van der Waals surface area (Å²) in [5, 5.41) is 5.76. The Morgan fingerprint density at radius 2 is 1.74 bits per heavy atom. The summed E-state index contributed by atoms with van der Waals surface area (Å²) in [5.41, 5.74) is 1.57. The second-order valence-electron chi connectivity index (χ2n) is 6.16. The molecule has 0 amide bonds. The Balaban J connectivity index is 1.67. The highest BCUT2D eigenvalue weighted by molar-refractivity contribution is 7.92. The van der Waals surface area contributed by atoms with E-state index in [1.807, 2.05) is 0 Å². The van der Waals surface area contributed by atoms with E-state index in [1.165, 1.54) is 42.7 Å². The van der Waals surface area contributed by atoms with Crippen molar-refractivity contribution in [2.75, 3.05) is 15.4 Å². The fourth-order valence-electron chi connectivity index (χ4n) is 2.47. The number of nitrogens with one attached hydrogen (secondary N) is 3. The molecule has 0 aliphatic carbocycles. The zero-order valence-electron chi connectivity index (χ0n) is 16.0. The van der Waals surface area contributed by atoms with E-state index in [0.717, 1.165) is 5.56 Å². The summed E-state index contributed by atoms with van der Waals surface area (Å²) in [4.78, 5) is 7.64. The molecule has 1 aromatic heterocycles. The van der Waals surface area contributed by atoms with Crippen LogP contribution in [0.15, 0.2) is 65.8 Å². The molecule has 0 atom stereocenters. The van der Waals surface area contributed by atoms with Crippen molar-refractivity contribution in [1.29, 1.82) is 0 Å². The monoisotopic (exact) mass is 465 g/mol. The third-order valence-corrected chi connectivity index (χ3v) is 5.36. The molecular weight excluding hydrogens is 448 g/mol. The molecule has 8 nitrogen and oxygen atoms in total. The molecule has 0 aliphatic rings. The molecule has 0 spiro atoms. The Bertz CT molecular complexity index is 1160. The topological polar surface area (TPSA) is 105 Å². The lowest BCUT2D eigenvalue weighted by Gasteiger charge is -2.15. The van der Waals surface area contributed by atoms with E-state index in [1.54, 1.807) is 25.1 Å². The molecule has 31 heavy (non-hydrogen) atoms. The summed E-state index contributed by atoms with van der Waals surface area (Å²) in [6, 6.07) is 12.0. The Hall–Kier alpha value is -3.38. The molecule has 0 fully saturated rings. The van der Waals surface area contributed by atoms with E-state index in [9.17, 15) is 17.2 Å². The second kappa shape index (κ2) is 9.62. The van der Waals surface area contributed by atoms with Crippen molar-refractivity contribution in [3.8, 4) is 5.75 Å². The molecule has 0 aliphatic heterocycles. The van der Waals surface area contributed by atoms with Crippen LogP contribution < -0.4 is 20.1 Å². The van der Waals surface area contributed by atoms with Crippen LogP contribution in [0.1, 0.15) is 5.56 Å². The van der Waals surface area contributed by atoms with Crippen LogP contribution in [-0.4, -0.2) is 30.1 Å². The molecule has 12 heteroatoms. The molecule has 0 radical (unpaired) electrons. The summed E-state index contributed by atoms with van der Waals surface area (Å²) in [6.07, 6.45) is 2.83. The highest BCUT2D eigenvalue weighted by Crippen LogP contribution is 2.27. The Morgan fingerprint density at radius 3 is 2.39 bits per heavy atom. The zero-order chi connectivity index (χ0) is 22.4. The van der Waals surface area contributed by atoms with Crippen molar-refractivity contribution < 1.29 is 21.9 Å². The van der Waals surface area contributed by atoms with Gasteiger partial charge in [-0.05, 0) is 67.2 Å². The normalized spacial score (nSPS) is 11.1. The minimum absolute atomic E-state index is 0.00400. The van der Waals surface area contributed by atoms with Crippen molar-refractivity contribution in [2.45, 2.75) is 18.4 Å². The van der Waals surface area contributed by atoms with Crippen molar-refractivity contribution in [1.82, 2.24) is 9.97 Å². The zero-order valence-corrected chi connectivity index (χ0v) is 17.7. The lowest BCUT2D eigenvalue weighted by atomic mass is 10.2. The first-order chi connectivity index (χ1) is 14.7. The fraction of sp³-hybridized carbons (Fsp3) is 0.105. The molecule has 0 unspecified atom stereocenters. The molecule has 3 N–H and O–H groups in total. The number of hydrogen-bond donors (Lipinski definition) is 3. The number of halogens is 2. The van der Waals surface area contributed by atoms with E-state index in [-0.39, 0.29) is 27.4 Å². The van der Waals surface area contributed by atoms with Crippen molar-refractivity contribution in [2.24, 2.45) is 0 Å². The molecule has 2 aromatic carbocycles. The van der Waals surface area contributed by atoms with Gasteiger partial charge >= 0.3 is 6.61 Å². The minimum atomic E-state index is -3.87. The van der Waals surface area contributed by atoms with Crippen LogP contribution in [0, 0.1) is 6.92 Å². The van der Waals surface area contributed by atoms with E-state index in [0.29, 0.717) is 5.69 Å². The Morgan fingerprint density at radius 1 is 1.06 bits per heavy atom. The standard InChI is InChI=1S/C19H17F2N5O3S2/c1-12-3-8-16(29-17(20)21)15(11-12)25-19(30)24-13-4-6-14(7-5-13)31(27,28)26-18-22-9-2-10-23-18/h2-11,17H,1H3,(H,22,23,26)(H2,24,25,30). The molecule has 1 heterocycles. The second-order valence-corrected chi connectivity index (χ2v) is 8.25. The number of thiocarbonyl (C=S) groups is 1. The Kier molecular flexibility index (Phi) is 6.92.